The molecule has 2 atom stereocenters. The van der Waals surface area contributed by atoms with E-state index in [0.717, 1.165) is 12.8 Å². The molecule has 2 rings (SSSR count). The van der Waals surface area contributed by atoms with Crippen molar-refractivity contribution in [3.63, 3.8) is 0 Å². The number of hydrogen-bond acceptors (Lipinski definition) is 1. The van der Waals surface area contributed by atoms with Gasteiger partial charge in [0.1, 0.15) is 0 Å². The van der Waals surface area contributed by atoms with Crippen LogP contribution >= 0.6 is 0 Å². The minimum absolute atomic E-state index is 0.207. The van der Waals surface area contributed by atoms with E-state index in [2.05, 4.69) is 25.1 Å². The molecule has 0 bridgehead atoms. The Labute approximate surface area is 89.9 Å². The Bertz CT molecular complexity index is 396. The molecule has 0 saturated heterocycles. The van der Waals surface area contributed by atoms with E-state index < -0.39 is 5.97 Å². The Kier molecular flexibility index (Phi) is 2.51. The maximum absolute atomic E-state index is 11.0. The molecule has 0 amide bonds. The highest BCUT2D eigenvalue weighted by atomic mass is 16.4. The lowest BCUT2D eigenvalue weighted by Gasteiger charge is -2.18. The van der Waals surface area contributed by atoms with Crippen LogP contribution in [0.25, 0.3) is 0 Å². The zero-order chi connectivity index (χ0) is 11.0. The van der Waals surface area contributed by atoms with Gasteiger partial charge < -0.3 is 5.11 Å². The second-order valence-electron chi connectivity index (χ2n) is 4.42. The van der Waals surface area contributed by atoms with Gasteiger partial charge in [-0.2, -0.15) is 0 Å². The molecule has 0 aromatic heterocycles. The van der Waals surface area contributed by atoms with Crippen molar-refractivity contribution in [2.45, 2.75) is 32.6 Å². The minimum atomic E-state index is -0.684. The van der Waals surface area contributed by atoms with Crippen molar-refractivity contribution >= 4 is 5.97 Å². The molecule has 2 unspecified atom stereocenters. The largest absolute Gasteiger partial charge is 0.481 e. The van der Waals surface area contributed by atoms with E-state index in [1.54, 1.807) is 0 Å². The summed E-state index contributed by atoms with van der Waals surface area (Å²) < 4.78 is 0. The lowest BCUT2D eigenvalue weighted by Crippen LogP contribution is -2.17. The van der Waals surface area contributed by atoms with Crippen LogP contribution in [0.2, 0.25) is 0 Å². The average molecular weight is 204 g/mol. The van der Waals surface area contributed by atoms with E-state index >= 15 is 0 Å². The number of hydrogen-bond donors (Lipinski definition) is 1. The number of aliphatic carboxylic acids is 1. The first-order valence-electron chi connectivity index (χ1n) is 5.42. The van der Waals surface area contributed by atoms with Crippen molar-refractivity contribution in [3.8, 4) is 0 Å². The summed E-state index contributed by atoms with van der Waals surface area (Å²) in [6.45, 7) is 3.89. The first-order valence-corrected chi connectivity index (χ1v) is 5.42. The Hall–Kier alpha value is -1.31. The Morgan fingerprint density at radius 2 is 2.27 bits per heavy atom. The van der Waals surface area contributed by atoms with E-state index in [1.165, 1.54) is 16.7 Å². The normalized spacial score (nSPS) is 21.1. The summed E-state index contributed by atoms with van der Waals surface area (Å²) in [5.41, 5.74) is 3.86. The fraction of sp³-hybridized carbons (Fsp3) is 0.462. The molecule has 0 aliphatic heterocycles. The molecule has 0 radical (unpaired) electrons. The van der Waals surface area contributed by atoms with Gasteiger partial charge >= 0.3 is 5.97 Å². The Balaban J connectivity index is 2.39. The van der Waals surface area contributed by atoms with Gasteiger partial charge in [0.25, 0.3) is 0 Å². The summed E-state index contributed by atoms with van der Waals surface area (Å²) in [7, 11) is 0. The zero-order valence-corrected chi connectivity index (χ0v) is 9.16. The van der Waals surface area contributed by atoms with Crippen molar-refractivity contribution < 1.29 is 9.90 Å². The predicted molar refractivity (Wildman–Crippen MR) is 59.0 cm³/mol. The van der Waals surface area contributed by atoms with Crippen LogP contribution in [0.5, 0.6) is 0 Å². The summed E-state index contributed by atoms with van der Waals surface area (Å²) in [6.07, 6.45) is 2.01. The molecule has 2 heteroatoms. The van der Waals surface area contributed by atoms with E-state index in [-0.39, 0.29) is 11.8 Å². The van der Waals surface area contributed by atoms with Gasteiger partial charge in [-0.05, 0) is 42.4 Å². The number of benzene rings is 1. The van der Waals surface area contributed by atoms with Crippen LogP contribution in [-0.4, -0.2) is 11.1 Å². The number of carboxylic acid groups (broad SMARTS) is 1. The number of aryl methyl sites for hydroxylation is 2. The first kappa shape index (κ1) is 10.2. The van der Waals surface area contributed by atoms with Crippen molar-refractivity contribution in [2.75, 3.05) is 0 Å². The summed E-state index contributed by atoms with van der Waals surface area (Å²) in [5.74, 6) is -0.748. The van der Waals surface area contributed by atoms with Crippen molar-refractivity contribution in [1.29, 1.82) is 0 Å². The highest BCUT2D eigenvalue weighted by molar-refractivity contribution is 5.71. The monoisotopic (exact) mass is 204 g/mol. The number of carbonyl (C=O) groups is 1. The van der Waals surface area contributed by atoms with Gasteiger partial charge in [-0.1, -0.05) is 25.1 Å². The smallest absolute Gasteiger partial charge is 0.306 e. The van der Waals surface area contributed by atoms with Crippen LogP contribution in [-0.2, 0) is 11.2 Å². The fourth-order valence-electron chi connectivity index (χ4n) is 2.62. The van der Waals surface area contributed by atoms with Gasteiger partial charge in [-0.3, -0.25) is 4.79 Å². The standard InChI is InChI=1S/C13H16O2/c1-8-4-3-5-10-6-7-11(12(8)10)9(2)13(14)15/h3-5,9,11H,6-7H2,1-2H3,(H,14,15). The van der Waals surface area contributed by atoms with Crippen LogP contribution in [0.1, 0.15) is 36.0 Å². The van der Waals surface area contributed by atoms with Gasteiger partial charge in [-0.25, -0.2) is 0 Å². The molecule has 0 spiro atoms. The molecule has 0 heterocycles. The third-order valence-electron chi connectivity index (χ3n) is 3.50. The van der Waals surface area contributed by atoms with Crippen LogP contribution in [0.3, 0.4) is 0 Å². The van der Waals surface area contributed by atoms with Crippen LogP contribution < -0.4 is 0 Å². The SMILES string of the molecule is Cc1cccc2c1C(C(C)C(=O)O)CC2. The van der Waals surface area contributed by atoms with Crippen molar-refractivity contribution in [1.82, 2.24) is 0 Å². The number of carboxylic acids is 1. The molecular formula is C13H16O2. The van der Waals surface area contributed by atoms with Gasteiger partial charge in [0.2, 0.25) is 0 Å². The molecule has 1 aliphatic carbocycles. The second kappa shape index (κ2) is 3.69. The van der Waals surface area contributed by atoms with Crippen molar-refractivity contribution in [3.05, 3.63) is 34.9 Å². The summed E-state index contributed by atoms with van der Waals surface area (Å²) in [5, 5.41) is 9.06. The molecule has 1 aromatic rings. The highest BCUT2D eigenvalue weighted by Gasteiger charge is 2.31. The van der Waals surface area contributed by atoms with Crippen LogP contribution in [0.4, 0.5) is 0 Å². The Morgan fingerprint density at radius 1 is 1.53 bits per heavy atom. The summed E-state index contributed by atoms with van der Waals surface area (Å²) in [4.78, 5) is 11.0. The lowest BCUT2D eigenvalue weighted by atomic mass is 9.86. The number of fused-ring (bicyclic) bond motifs is 1. The average Bonchev–Trinajstić information content (AvgIpc) is 2.61. The van der Waals surface area contributed by atoms with E-state index in [9.17, 15) is 4.79 Å². The summed E-state index contributed by atoms with van der Waals surface area (Å²) >= 11 is 0. The molecule has 15 heavy (non-hydrogen) atoms. The molecule has 1 N–H and O–H groups in total. The second-order valence-corrected chi connectivity index (χ2v) is 4.42. The highest BCUT2D eigenvalue weighted by Crippen LogP contribution is 2.40. The molecule has 1 aromatic carbocycles. The van der Waals surface area contributed by atoms with Crippen LogP contribution in [0.15, 0.2) is 18.2 Å². The molecule has 80 valence electrons. The summed E-state index contributed by atoms with van der Waals surface area (Å²) in [6, 6.07) is 6.25. The third-order valence-corrected chi connectivity index (χ3v) is 3.50. The predicted octanol–water partition coefficient (Wildman–Crippen LogP) is 2.75. The zero-order valence-electron chi connectivity index (χ0n) is 9.16. The molecule has 2 nitrogen and oxygen atoms in total. The topological polar surface area (TPSA) is 37.3 Å². The van der Waals surface area contributed by atoms with Crippen molar-refractivity contribution in [2.24, 2.45) is 5.92 Å². The van der Waals surface area contributed by atoms with Gasteiger partial charge in [0.05, 0.1) is 5.92 Å². The minimum Gasteiger partial charge on any atom is -0.481 e. The first-order chi connectivity index (χ1) is 7.11. The Morgan fingerprint density at radius 3 is 2.93 bits per heavy atom. The fourth-order valence-corrected chi connectivity index (χ4v) is 2.62. The lowest BCUT2D eigenvalue weighted by molar-refractivity contribution is -0.141. The molecule has 0 fully saturated rings. The van der Waals surface area contributed by atoms with Gasteiger partial charge in [0.15, 0.2) is 0 Å². The molecule has 0 saturated carbocycles. The number of rotatable bonds is 2. The van der Waals surface area contributed by atoms with E-state index in [4.69, 9.17) is 5.11 Å². The molecular weight excluding hydrogens is 188 g/mol. The van der Waals surface area contributed by atoms with Gasteiger partial charge in [0, 0.05) is 0 Å². The van der Waals surface area contributed by atoms with E-state index in [1.807, 2.05) is 6.92 Å². The third kappa shape index (κ3) is 1.65. The van der Waals surface area contributed by atoms with E-state index in [0.29, 0.717) is 0 Å². The molecule has 1 aliphatic rings. The van der Waals surface area contributed by atoms with Gasteiger partial charge in [-0.15, -0.1) is 0 Å². The van der Waals surface area contributed by atoms with Crippen LogP contribution in [0, 0.1) is 12.8 Å². The maximum Gasteiger partial charge on any atom is 0.306 e. The quantitative estimate of drug-likeness (QED) is 0.804. The maximum atomic E-state index is 11.0.